The Hall–Kier alpha value is -3.59. The van der Waals surface area contributed by atoms with Crippen LogP contribution in [0.3, 0.4) is 0 Å². The molecule has 0 aromatic heterocycles. The van der Waals surface area contributed by atoms with E-state index in [4.69, 9.17) is 18.5 Å². The van der Waals surface area contributed by atoms with Crippen molar-refractivity contribution in [3.63, 3.8) is 0 Å². The Bertz CT molecular complexity index is 1760. The van der Waals surface area contributed by atoms with Crippen molar-refractivity contribution < 1.29 is 42.1 Å². The molecule has 458 valence electrons. The van der Waals surface area contributed by atoms with E-state index in [1.54, 1.807) is 0 Å². The van der Waals surface area contributed by atoms with Crippen molar-refractivity contribution in [1.82, 2.24) is 0 Å². The molecule has 80 heavy (non-hydrogen) atoms. The fraction of sp³-hybridized carbons (Fsp3) is 0.686. The van der Waals surface area contributed by atoms with Gasteiger partial charge in [0, 0.05) is 12.8 Å². The van der Waals surface area contributed by atoms with Crippen LogP contribution in [0.2, 0.25) is 0 Å². The Morgan fingerprint density at radius 2 is 0.675 bits per heavy atom. The zero-order valence-corrected chi connectivity index (χ0v) is 52.9. The summed E-state index contributed by atoms with van der Waals surface area (Å²) < 4.78 is 34.2. The van der Waals surface area contributed by atoms with Crippen LogP contribution < -0.4 is 4.89 Å². The minimum Gasteiger partial charge on any atom is -0.756 e. The molecule has 0 saturated carbocycles. The van der Waals surface area contributed by atoms with Crippen molar-refractivity contribution in [3.8, 4) is 0 Å². The molecule has 0 rings (SSSR count). The maximum Gasteiger partial charge on any atom is 0.306 e. The first kappa shape index (κ1) is 76.4. The van der Waals surface area contributed by atoms with Crippen molar-refractivity contribution in [3.05, 3.63) is 122 Å². The van der Waals surface area contributed by atoms with Gasteiger partial charge in [-0.1, -0.05) is 264 Å². The van der Waals surface area contributed by atoms with Crippen LogP contribution in [0.5, 0.6) is 0 Å². The number of phosphoric ester groups is 1. The maximum atomic E-state index is 12.8. The number of esters is 2. The van der Waals surface area contributed by atoms with E-state index in [0.29, 0.717) is 23.9 Å². The molecule has 2 atom stereocenters. The molecule has 9 nitrogen and oxygen atoms in total. The lowest BCUT2D eigenvalue weighted by Gasteiger charge is -2.28. The number of nitrogens with zero attached hydrogens (tertiary/aromatic N) is 1. The highest BCUT2D eigenvalue weighted by Crippen LogP contribution is 2.38. The number of hydrogen-bond donors (Lipinski definition) is 0. The Labute approximate surface area is 492 Å². The van der Waals surface area contributed by atoms with Crippen LogP contribution in [0.25, 0.3) is 0 Å². The van der Waals surface area contributed by atoms with E-state index in [0.717, 1.165) is 109 Å². The number of carbonyl (C=O) groups excluding carboxylic acids is 2. The number of carbonyl (C=O) groups is 2. The molecule has 2 unspecified atom stereocenters. The van der Waals surface area contributed by atoms with E-state index in [1.165, 1.54) is 109 Å². The fourth-order valence-corrected chi connectivity index (χ4v) is 9.32. The van der Waals surface area contributed by atoms with Gasteiger partial charge in [0.1, 0.15) is 19.8 Å². The number of phosphoric acid groups is 1. The van der Waals surface area contributed by atoms with E-state index >= 15 is 0 Å². The van der Waals surface area contributed by atoms with Gasteiger partial charge < -0.3 is 27.9 Å². The van der Waals surface area contributed by atoms with Gasteiger partial charge >= 0.3 is 11.9 Å². The molecule has 0 bridgehead atoms. The molecule has 0 aliphatic rings. The Kier molecular flexibility index (Phi) is 57.3. The minimum absolute atomic E-state index is 0.0365. The van der Waals surface area contributed by atoms with Crippen LogP contribution in [0.1, 0.15) is 258 Å². The van der Waals surface area contributed by atoms with E-state index < -0.39 is 32.5 Å². The van der Waals surface area contributed by atoms with Gasteiger partial charge in [0.15, 0.2) is 6.10 Å². The molecule has 0 aliphatic carbocycles. The zero-order valence-electron chi connectivity index (χ0n) is 52.0. The normalized spacial score (nSPS) is 14.0. The predicted octanol–water partition coefficient (Wildman–Crippen LogP) is 20.1. The minimum atomic E-state index is -4.64. The first-order valence-corrected chi connectivity index (χ1v) is 33.7. The van der Waals surface area contributed by atoms with Gasteiger partial charge in [-0.05, 0) is 103 Å². The van der Waals surface area contributed by atoms with Gasteiger partial charge in [0.2, 0.25) is 0 Å². The van der Waals surface area contributed by atoms with Gasteiger partial charge in [0.25, 0.3) is 7.82 Å². The van der Waals surface area contributed by atoms with Crippen LogP contribution in [-0.4, -0.2) is 70.0 Å². The summed E-state index contributed by atoms with van der Waals surface area (Å²) in [5.74, 6) is -0.844. The first-order valence-electron chi connectivity index (χ1n) is 32.2. The first-order chi connectivity index (χ1) is 39.0. The van der Waals surface area contributed by atoms with Crippen LogP contribution in [-0.2, 0) is 32.7 Å². The fourth-order valence-electron chi connectivity index (χ4n) is 8.59. The van der Waals surface area contributed by atoms with E-state index in [9.17, 15) is 19.0 Å². The van der Waals surface area contributed by atoms with Gasteiger partial charge in [-0.3, -0.25) is 14.2 Å². The monoisotopic (exact) mass is 1130 g/mol. The second-order valence-electron chi connectivity index (χ2n) is 22.4. The highest BCUT2D eigenvalue weighted by molar-refractivity contribution is 7.45. The summed E-state index contributed by atoms with van der Waals surface area (Å²) in [5.41, 5.74) is 0. The molecule has 0 N–H and O–H groups in total. The maximum absolute atomic E-state index is 12.8. The second kappa shape index (κ2) is 60.0. The Morgan fingerprint density at radius 3 is 1.00 bits per heavy atom. The molecule has 0 radical (unpaired) electrons. The van der Waals surface area contributed by atoms with Gasteiger partial charge in [-0.25, -0.2) is 0 Å². The largest absolute Gasteiger partial charge is 0.756 e. The molecule has 0 heterocycles. The standard InChI is InChI=1S/C70H120NO8P/c1-6-8-10-12-14-16-18-20-22-24-25-26-27-28-29-30-31-32-33-34-35-36-37-38-39-40-41-42-43-44-45-47-49-51-53-55-57-59-61-63-70(73)79-68(67-78-80(74,75)77-65-64-71(3,4)5)66-76-69(72)62-60-58-56-54-52-50-48-46-23-21-19-17-15-13-11-9-7-2/h8-11,14-17,20-23,25-26,28-29,31-32,34-35,68H,6-7,12-13,18-19,24,27,30,33,36-67H2,1-5H3/b10-8-,11-9-,16-14-,17-15-,22-20-,23-21-,26-25-,29-28-,32-31-,35-34-. The molecular weight excluding hydrogens is 1010 g/mol. The van der Waals surface area contributed by atoms with E-state index in [1.807, 2.05) is 21.1 Å². The van der Waals surface area contributed by atoms with Crippen LogP contribution in [0, 0.1) is 0 Å². The van der Waals surface area contributed by atoms with Crippen molar-refractivity contribution in [2.75, 3.05) is 47.5 Å². The number of rotatable bonds is 58. The lowest BCUT2D eigenvalue weighted by Crippen LogP contribution is -2.37. The number of likely N-dealkylation sites (N-methyl/N-ethyl adjacent to an activating group) is 1. The van der Waals surface area contributed by atoms with Crippen molar-refractivity contribution in [1.29, 1.82) is 0 Å². The second-order valence-corrected chi connectivity index (χ2v) is 23.8. The van der Waals surface area contributed by atoms with Gasteiger partial charge in [0.05, 0.1) is 27.7 Å². The third-order valence-electron chi connectivity index (χ3n) is 13.5. The number of unbranched alkanes of at least 4 members (excludes halogenated alkanes) is 24. The van der Waals surface area contributed by atoms with Crippen LogP contribution >= 0.6 is 7.82 Å². The third kappa shape index (κ3) is 63.6. The molecule has 0 aliphatic heterocycles. The summed E-state index contributed by atoms with van der Waals surface area (Å²) in [6.45, 7) is 4.01. The Morgan fingerprint density at radius 1 is 0.388 bits per heavy atom. The quantitative estimate of drug-likeness (QED) is 0.0195. The lowest BCUT2D eigenvalue weighted by atomic mass is 10.0. The number of allylic oxidation sites excluding steroid dienone is 20. The van der Waals surface area contributed by atoms with Crippen molar-refractivity contribution in [2.24, 2.45) is 0 Å². The van der Waals surface area contributed by atoms with E-state index in [2.05, 4.69) is 135 Å². The summed E-state index contributed by atoms with van der Waals surface area (Å²) in [6, 6.07) is 0. The number of ether oxygens (including phenoxy) is 2. The molecule has 0 aromatic rings. The topological polar surface area (TPSA) is 111 Å². The average Bonchev–Trinajstić information content (AvgIpc) is 3.42. The highest BCUT2D eigenvalue weighted by atomic mass is 31.2. The molecule has 0 saturated heterocycles. The molecular formula is C70H120NO8P. The van der Waals surface area contributed by atoms with Gasteiger partial charge in [-0.15, -0.1) is 0 Å². The summed E-state index contributed by atoms with van der Waals surface area (Å²) in [4.78, 5) is 37.9. The lowest BCUT2D eigenvalue weighted by molar-refractivity contribution is -0.870. The predicted molar refractivity (Wildman–Crippen MR) is 341 cm³/mol. The molecule has 0 spiro atoms. The summed E-state index contributed by atoms with van der Waals surface area (Å²) >= 11 is 0. The van der Waals surface area contributed by atoms with E-state index in [-0.39, 0.29) is 26.1 Å². The third-order valence-corrected chi connectivity index (χ3v) is 14.4. The molecule has 0 fully saturated rings. The van der Waals surface area contributed by atoms with Crippen molar-refractivity contribution >= 4 is 19.8 Å². The summed E-state index contributed by atoms with van der Waals surface area (Å²) in [6.07, 6.45) is 85.5. The molecule has 0 amide bonds. The summed E-state index contributed by atoms with van der Waals surface area (Å²) in [7, 11) is 1.15. The highest BCUT2D eigenvalue weighted by Gasteiger charge is 2.22. The van der Waals surface area contributed by atoms with Crippen LogP contribution in [0.15, 0.2) is 122 Å². The van der Waals surface area contributed by atoms with Crippen LogP contribution in [0.4, 0.5) is 0 Å². The number of hydrogen-bond acceptors (Lipinski definition) is 8. The molecule has 0 aromatic carbocycles. The summed E-state index contributed by atoms with van der Waals surface area (Å²) in [5, 5.41) is 0. The SMILES string of the molecule is CC/C=C\C/C=C\C/C=C\C/C=C\C/C=C\C/C=C\C/C=C\CCCCCCCCCCCCCCCCCCCC(=O)OC(COC(=O)CCCCCCCCC/C=C\C/C=C\C/C=C\CC)COP(=O)([O-])OCC[N+](C)(C)C. The Balaban J connectivity index is 4.02. The smallest absolute Gasteiger partial charge is 0.306 e. The molecule has 10 heteroatoms. The number of quaternary nitrogens is 1. The van der Waals surface area contributed by atoms with Crippen molar-refractivity contribution in [2.45, 2.75) is 264 Å². The zero-order chi connectivity index (χ0) is 58.4. The average molecular weight is 1130 g/mol. The van der Waals surface area contributed by atoms with Gasteiger partial charge in [-0.2, -0.15) is 0 Å².